The van der Waals surface area contributed by atoms with Crippen molar-refractivity contribution in [2.75, 3.05) is 20.1 Å². The van der Waals surface area contributed by atoms with E-state index in [4.69, 9.17) is 0 Å². The monoisotopic (exact) mass is 156 g/mol. The van der Waals surface area contributed by atoms with Crippen LogP contribution in [0.2, 0.25) is 0 Å². The molecule has 2 N–H and O–H groups in total. The molecule has 0 spiro atoms. The van der Waals surface area contributed by atoms with Crippen molar-refractivity contribution >= 4 is 0 Å². The van der Waals surface area contributed by atoms with Crippen molar-refractivity contribution < 1.29 is 5.11 Å². The molecule has 0 radical (unpaired) electrons. The summed E-state index contributed by atoms with van der Waals surface area (Å²) in [6.45, 7) is 2.15. The molecule has 0 saturated carbocycles. The molecule has 3 heterocycles. The Kier molecular flexibility index (Phi) is 1.87. The first-order chi connectivity index (χ1) is 5.25. The number of hydrogen-bond acceptors (Lipinski definition) is 3. The van der Waals surface area contributed by atoms with Gasteiger partial charge in [-0.3, -0.25) is 0 Å². The number of piperazine rings is 1. The maximum Gasteiger partial charge on any atom is 0.0571 e. The minimum absolute atomic E-state index is 0.0788. The largest absolute Gasteiger partial charge is 0.393 e. The number of likely N-dealkylation sites (N-methyl/N-ethyl adjacent to an activating group) is 1. The van der Waals surface area contributed by atoms with Gasteiger partial charge in [0.15, 0.2) is 0 Å². The fourth-order valence-corrected chi connectivity index (χ4v) is 2.18. The third-order valence-corrected chi connectivity index (χ3v) is 2.87. The molecule has 3 fully saturated rings. The quantitative estimate of drug-likeness (QED) is 0.492. The number of aliphatic hydroxyl groups is 1. The van der Waals surface area contributed by atoms with Crippen LogP contribution < -0.4 is 5.32 Å². The van der Waals surface area contributed by atoms with Gasteiger partial charge in [0.05, 0.1) is 6.10 Å². The van der Waals surface area contributed by atoms with Gasteiger partial charge in [-0.15, -0.1) is 0 Å². The van der Waals surface area contributed by atoms with E-state index in [9.17, 15) is 5.11 Å². The van der Waals surface area contributed by atoms with E-state index < -0.39 is 0 Å². The Balaban J connectivity index is 2.10. The van der Waals surface area contributed by atoms with Crippen LogP contribution in [-0.4, -0.2) is 48.3 Å². The van der Waals surface area contributed by atoms with E-state index in [0.29, 0.717) is 12.1 Å². The second-order valence-electron chi connectivity index (χ2n) is 3.82. The molecule has 3 heteroatoms. The summed E-state index contributed by atoms with van der Waals surface area (Å²) in [6.07, 6.45) is 1.80. The molecule has 3 nitrogen and oxygen atoms in total. The van der Waals surface area contributed by atoms with Crippen LogP contribution in [0, 0.1) is 0 Å². The van der Waals surface area contributed by atoms with Crippen LogP contribution in [-0.2, 0) is 0 Å². The van der Waals surface area contributed by atoms with E-state index in [1.807, 2.05) is 0 Å². The topological polar surface area (TPSA) is 35.5 Å². The summed E-state index contributed by atoms with van der Waals surface area (Å²) in [5.74, 6) is 0. The zero-order chi connectivity index (χ0) is 7.84. The first-order valence-corrected chi connectivity index (χ1v) is 4.37. The van der Waals surface area contributed by atoms with Gasteiger partial charge in [-0.2, -0.15) is 0 Å². The highest BCUT2D eigenvalue weighted by Crippen LogP contribution is 2.19. The molecule has 64 valence electrons. The van der Waals surface area contributed by atoms with Gasteiger partial charge in [-0.1, -0.05) is 0 Å². The fraction of sp³-hybridized carbons (Fsp3) is 1.00. The number of nitrogens with one attached hydrogen (secondary N) is 1. The standard InChI is InChI=1S/C8H16N2O/c1-10-5-6-2-8(11)3-7(10)4-9-6/h6-9,11H,2-5H2,1H3. The zero-order valence-corrected chi connectivity index (χ0v) is 6.95. The Bertz CT molecular complexity index is 149. The SMILES string of the molecule is CN1CC2CC(O)CC1CN2. The average Bonchev–Trinajstić information content (AvgIpc) is 2.16. The van der Waals surface area contributed by atoms with Crippen molar-refractivity contribution in [3.8, 4) is 0 Å². The Labute approximate surface area is 67.4 Å². The van der Waals surface area contributed by atoms with Crippen molar-refractivity contribution in [2.24, 2.45) is 0 Å². The summed E-state index contributed by atoms with van der Waals surface area (Å²) >= 11 is 0. The zero-order valence-electron chi connectivity index (χ0n) is 6.95. The predicted molar refractivity (Wildman–Crippen MR) is 43.4 cm³/mol. The van der Waals surface area contributed by atoms with E-state index in [1.54, 1.807) is 0 Å². The van der Waals surface area contributed by atoms with Crippen LogP contribution in [0.25, 0.3) is 0 Å². The van der Waals surface area contributed by atoms with Crippen molar-refractivity contribution in [3.63, 3.8) is 0 Å². The number of aliphatic hydroxyl groups excluding tert-OH is 1. The molecule has 2 bridgehead atoms. The molecule has 0 aromatic heterocycles. The van der Waals surface area contributed by atoms with Crippen LogP contribution >= 0.6 is 0 Å². The molecule has 0 aromatic rings. The third kappa shape index (κ3) is 1.41. The second-order valence-corrected chi connectivity index (χ2v) is 3.82. The average molecular weight is 156 g/mol. The molecule has 11 heavy (non-hydrogen) atoms. The lowest BCUT2D eigenvalue weighted by atomic mass is 10.1. The van der Waals surface area contributed by atoms with Crippen LogP contribution in [0.5, 0.6) is 0 Å². The van der Waals surface area contributed by atoms with Crippen molar-refractivity contribution in [3.05, 3.63) is 0 Å². The molecule has 0 aliphatic carbocycles. The molecular weight excluding hydrogens is 140 g/mol. The first kappa shape index (κ1) is 7.53. The van der Waals surface area contributed by atoms with E-state index in [1.165, 1.54) is 0 Å². The first-order valence-electron chi connectivity index (χ1n) is 4.37. The molecule has 3 atom stereocenters. The lowest BCUT2D eigenvalue weighted by molar-refractivity contribution is 0.140. The third-order valence-electron chi connectivity index (χ3n) is 2.87. The summed E-state index contributed by atoms with van der Waals surface area (Å²) in [7, 11) is 2.15. The lowest BCUT2D eigenvalue weighted by Crippen LogP contribution is -2.52. The lowest BCUT2D eigenvalue weighted by Gasteiger charge is -2.34. The van der Waals surface area contributed by atoms with Crippen molar-refractivity contribution in [1.29, 1.82) is 0 Å². The van der Waals surface area contributed by atoms with Gasteiger partial charge < -0.3 is 15.3 Å². The maximum absolute atomic E-state index is 9.52. The molecule has 3 rings (SSSR count). The number of fused-ring (bicyclic) bond motifs is 4. The van der Waals surface area contributed by atoms with Gasteiger partial charge in [0.1, 0.15) is 0 Å². The van der Waals surface area contributed by atoms with Crippen LogP contribution in [0.3, 0.4) is 0 Å². The normalized spacial score (nSPS) is 45.8. The van der Waals surface area contributed by atoms with E-state index in [0.717, 1.165) is 25.9 Å². The Hall–Kier alpha value is -0.120. The van der Waals surface area contributed by atoms with Crippen molar-refractivity contribution in [1.82, 2.24) is 10.2 Å². The number of rotatable bonds is 0. The Morgan fingerprint density at radius 1 is 1.45 bits per heavy atom. The Morgan fingerprint density at radius 2 is 2.27 bits per heavy atom. The molecule has 3 aliphatic rings. The molecule has 0 aromatic carbocycles. The van der Waals surface area contributed by atoms with Gasteiger partial charge >= 0.3 is 0 Å². The molecule has 3 unspecified atom stereocenters. The Morgan fingerprint density at radius 3 is 3.00 bits per heavy atom. The summed E-state index contributed by atoms with van der Waals surface area (Å²) in [6, 6.07) is 1.08. The highest BCUT2D eigenvalue weighted by molar-refractivity contribution is 4.91. The predicted octanol–water partition coefficient (Wildman–Crippen LogP) is -0.587. The van der Waals surface area contributed by atoms with Crippen LogP contribution in [0.1, 0.15) is 12.8 Å². The number of hydrogen-bond donors (Lipinski definition) is 2. The van der Waals surface area contributed by atoms with Crippen LogP contribution in [0.4, 0.5) is 0 Å². The smallest absolute Gasteiger partial charge is 0.0571 e. The highest BCUT2D eigenvalue weighted by atomic mass is 16.3. The summed E-state index contributed by atoms with van der Waals surface area (Å²) in [4.78, 5) is 2.36. The summed E-state index contributed by atoms with van der Waals surface area (Å²) < 4.78 is 0. The molecule has 0 amide bonds. The van der Waals surface area contributed by atoms with Crippen LogP contribution in [0.15, 0.2) is 0 Å². The fourth-order valence-electron chi connectivity index (χ4n) is 2.18. The maximum atomic E-state index is 9.52. The van der Waals surface area contributed by atoms with Gasteiger partial charge in [0, 0.05) is 25.2 Å². The molecule has 3 aliphatic heterocycles. The van der Waals surface area contributed by atoms with Gasteiger partial charge in [0.25, 0.3) is 0 Å². The van der Waals surface area contributed by atoms with E-state index in [-0.39, 0.29) is 6.10 Å². The highest BCUT2D eigenvalue weighted by Gasteiger charge is 2.32. The minimum Gasteiger partial charge on any atom is -0.393 e. The van der Waals surface area contributed by atoms with E-state index >= 15 is 0 Å². The number of nitrogens with zero attached hydrogens (tertiary/aromatic N) is 1. The van der Waals surface area contributed by atoms with Gasteiger partial charge in [-0.05, 0) is 19.9 Å². The van der Waals surface area contributed by atoms with Gasteiger partial charge in [0.2, 0.25) is 0 Å². The summed E-state index contributed by atoms with van der Waals surface area (Å²) in [5.41, 5.74) is 0. The molecule has 3 saturated heterocycles. The summed E-state index contributed by atoms with van der Waals surface area (Å²) in [5, 5.41) is 13.0. The minimum atomic E-state index is -0.0788. The molecular formula is C8H16N2O. The van der Waals surface area contributed by atoms with E-state index in [2.05, 4.69) is 17.3 Å². The van der Waals surface area contributed by atoms with Crippen molar-refractivity contribution in [2.45, 2.75) is 31.0 Å². The van der Waals surface area contributed by atoms with Gasteiger partial charge in [-0.25, -0.2) is 0 Å². The second kappa shape index (κ2) is 2.73.